The van der Waals surface area contributed by atoms with E-state index in [4.69, 9.17) is 0 Å². The fraction of sp³-hybridized carbons (Fsp3) is 0.333. The first-order chi connectivity index (χ1) is 11.0. The molecule has 1 atom stereocenters. The fourth-order valence-electron chi connectivity index (χ4n) is 2.26. The third kappa shape index (κ3) is 3.84. The molecule has 3 N–H and O–H groups in total. The molecule has 120 valence electrons. The lowest BCUT2D eigenvalue weighted by Gasteiger charge is -2.12. The summed E-state index contributed by atoms with van der Waals surface area (Å²) in [6.07, 6.45) is 0.665. The summed E-state index contributed by atoms with van der Waals surface area (Å²) in [7, 11) is 0. The Hall–Kier alpha value is -2.48. The fourth-order valence-corrected chi connectivity index (χ4v) is 3.14. The number of H-pyrrole nitrogens is 1. The highest BCUT2D eigenvalue weighted by Crippen LogP contribution is 2.24. The molecule has 0 aliphatic heterocycles. The minimum Gasteiger partial charge on any atom is -0.335 e. The number of hydrogen-bond acceptors (Lipinski definition) is 5. The number of thiazole rings is 1. The molecule has 8 heteroatoms. The number of fused-ring (bicyclic) bond motifs is 1. The van der Waals surface area contributed by atoms with Crippen molar-refractivity contribution in [1.29, 1.82) is 0 Å². The number of aromatic nitrogens is 4. The van der Waals surface area contributed by atoms with Gasteiger partial charge < -0.3 is 5.32 Å². The largest absolute Gasteiger partial charge is 0.335 e. The molecule has 0 saturated carbocycles. The van der Waals surface area contributed by atoms with E-state index in [9.17, 15) is 4.79 Å². The maximum absolute atomic E-state index is 12.1. The molecule has 0 aromatic carbocycles. The zero-order chi connectivity index (χ0) is 16.4. The van der Waals surface area contributed by atoms with Crippen LogP contribution in [0.2, 0.25) is 0 Å². The summed E-state index contributed by atoms with van der Waals surface area (Å²) in [5.74, 6) is 0. The number of nitrogens with zero attached hydrogens (tertiary/aromatic N) is 3. The summed E-state index contributed by atoms with van der Waals surface area (Å²) in [6, 6.07) is 5.46. The van der Waals surface area contributed by atoms with Gasteiger partial charge in [-0.1, -0.05) is 11.3 Å². The molecule has 3 aromatic rings. The van der Waals surface area contributed by atoms with E-state index in [0.29, 0.717) is 11.6 Å². The first-order valence-corrected chi connectivity index (χ1v) is 8.14. The second-order valence-electron chi connectivity index (χ2n) is 5.54. The van der Waals surface area contributed by atoms with Crippen LogP contribution in [0.1, 0.15) is 24.0 Å². The number of rotatable bonds is 4. The molecule has 23 heavy (non-hydrogen) atoms. The molecule has 0 fully saturated rings. The van der Waals surface area contributed by atoms with Crippen molar-refractivity contribution < 1.29 is 4.79 Å². The van der Waals surface area contributed by atoms with Crippen LogP contribution in [-0.2, 0) is 6.42 Å². The predicted molar refractivity (Wildman–Crippen MR) is 90.8 cm³/mol. The molecule has 2 amide bonds. The maximum Gasteiger partial charge on any atom is 0.321 e. The van der Waals surface area contributed by atoms with Crippen LogP contribution in [0.5, 0.6) is 0 Å². The average Bonchev–Trinajstić information content (AvgIpc) is 3.03. The van der Waals surface area contributed by atoms with E-state index >= 15 is 0 Å². The molecule has 3 heterocycles. The van der Waals surface area contributed by atoms with Gasteiger partial charge in [-0.2, -0.15) is 5.10 Å². The highest BCUT2D eigenvalue weighted by molar-refractivity contribution is 7.21. The van der Waals surface area contributed by atoms with Crippen molar-refractivity contribution in [2.24, 2.45) is 0 Å². The molecule has 0 saturated heterocycles. The van der Waals surface area contributed by atoms with Gasteiger partial charge in [-0.3, -0.25) is 10.4 Å². The number of aromatic amines is 1. The summed E-state index contributed by atoms with van der Waals surface area (Å²) < 4.78 is 0. The molecule has 3 aromatic heterocycles. The summed E-state index contributed by atoms with van der Waals surface area (Å²) in [5, 5.41) is 13.2. The SMILES string of the molecule is Cc1ccc2nc(NC(=O)NC(C)Cc3cc(C)[nH]n3)sc2n1. The quantitative estimate of drug-likeness (QED) is 0.685. The summed E-state index contributed by atoms with van der Waals surface area (Å²) in [4.78, 5) is 21.6. The Labute approximate surface area is 137 Å². The molecule has 7 nitrogen and oxygen atoms in total. The van der Waals surface area contributed by atoms with E-state index in [0.717, 1.165) is 27.4 Å². The van der Waals surface area contributed by atoms with E-state index < -0.39 is 0 Å². The van der Waals surface area contributed by atoms with Crippen LogP contribution >= 0.6 is 11.3 Å². The van der Waals surface area contributed by atoms with E-state index in [2.05, 4.69) is 30.8 Å². The van der Waals surface area contributed by atoms with Crippen LogP contribution in [0.3, 0.4) is 0 Å². The molecule has 1 unspecified atom stereocenters. The van der Waals surface area contributed by atoms with Crippen LogP contribution in [0, 0.1) is 13.8 Å². The summed E-state index contributed by atoms with van der Waals surface area (Å²) >= 11 is 1.36. The second-order valence-corrected chi connectivity index (χ2v) is 6.52. The molecule has 0 bridgehead atoms. The third-order valence-electron chi connectivity index (χ3n) is 3.27. The van der Waals surface area contributed by atoms with Gasteiger partial charge >= 0.3 is 6.03 Å². The van der Waals surface area contributed by atoms with Crippen molar-refractivity contribution in [1.82, 2.24) is 25.5 Å². The highest BCUT2D eigenvalue weighted by Gasteiger charge is 2.12. The number of anilines is 1. The van der Waals surface area contributed by atoms with E-state index in [1.165, 1.54) is 11.3 Å². The van der Waals surface area contributed by atoms with Gasteiger partial charge in [-0.15, -0.1) is 0 Å². The van der Waals surface area contributed by atoms with Crippen molar-refractivity contribution in [3.8, 4) is 0 Å². The Morgan fingerprint density at radius 3 is 2.91 bits per heavy atom. The number of hydrogen-bond donors (Lipinski definition) is 3. The maximum atomic E-state index is 12.1. The summed E-state index contributed by atoms with van der Waals surface area (Å²) in [5.41, 5.74) is 3.65. The molecule has 0 radical (unpaired) electrons. The average molecular weight is 330 g/mol. The Balaban J connectivity index is 1.59. The molecular formula is C15H18N6OS. The number of urea groups is 1. The van der Waals surface area contributed by atoms with E-state index in [1.807, 2.05) is 39.0 Å². The normalized spacial score (nSPS) is 12.3. The monoisotopic (exact) mass is 330 g/mol. The van der Waals surface area contributed by atoms with Crippen molar-refractivity contribution >= 4 is 32.8 Å². The van der Waals surface area contributed by atoms with E-state index in [1.54, 1.807) is 0 Å². The predicted octanol–water partition coefficient (Wildman–Crippen LogP) is 2.78. The topological polar surface area (TPSA) is 95.6 Å². The van der Waals surface area contributed by atoms with Gasteiger partial charge in [-0.25, -0.2) is 14.8 Å². The molecule has 0 spiro atoms. The molecular weight excluding hydrogens is 312 g/mol. The minimum absolute atomic E-state index is 0.0348. The van der Waals surface area contributed by atoms with Crippen LogP contribution in [0.15, 0.2) is 18.2 Å². The van der Waals surface area contributed by atoms with Crippen molar-refractivity contribution in [2.75, 3.05) is 5.32 Å². The van der Waals surface area contributed by atoms with Crippen molar-refractivity contribution in [3.05, 3.63) is 35.3 Å². The lowest BCUT2D eigenvalue weighted by atomic mass is 10.2. The molecule has 0 aliphatic rings. The van der Waals surface area contributed by atoms with Crippen LogP contribution < -0.4 is 10.6 Å². The number of carbonyl (C=O) groups excluding carboxylic acids is 1. The lowest BCUT2D eigenvalue weighted by molar-refractivity contribution is 0.249. The standard InChI is InChI=1S/C15H18N6OS/c1-8-4-5-12-13(16-8)23-15(18-12)19-14(22)17-9(2)6-11-7-10(3)20-21-11/h4-5,7,9H,6H2,1-3H3,(H,20,21)(H2,17,18,19,22). The number of aryl methyl sites for hydroxylation is 2. The van der Waals surface area contributed by atoms with E-state index in [-0.39, 0.29) is 12.1 Å². The number of pyridine rings is 1. The Morgan fingerprint density at radius 2 is 2.17 bits per heavy atom. The number of nitrogens with one attached hydrogen (secondary N) is 3. The van der Waals surface area contributed by atoms with Crippen LogP contribution in [0.4, 0.5) is 9.93 Å². The number of amides is 2. The molecule has 0 aliphatic carbocycles. The smallest absolute Gasteiger partial charge is 0.321 e. The van der Waals surface area contributed by atoms with Gasteiger partial charge in [0.15, 0.2) is 5.13 Å². The van der Waals surface area contributed by atoms with Gasteiger partial charge in [-0.05, 0) is 39.0 Å². The van der Waals surface area contributed by atoms with Gasteiger partial charge in [0.1, 0.15) is 10.3 Å². The number of carbonyl (C=O) groups is 1. The molecule has 3 rings (SSSR count). The zero-order valence-electron chi connectivity index (χ0n) is 13.2. The van der Waals surface area contributed by atoms with Gasteiger partial charge in [0, 0.05) is 23.9 Å². The first kappa shape index (κ1) is 15.4. The van der Waals surface area contributed by atoms with Gasteiger partial charge in [0.2, 0.25) is 0 Å². The Kier molecular flexibility index (Phi) is 4.24. The van der Waals surface area contributed by atoms with Gasteiger partial charge in [0.25, 0.3) is 0 Å². The lowest BCUT2D eigenvalue weighted by Crippen LogP contribution is -2.37. The van der Waals surface area contributed by atoms with Crippen molar-refractivity contribution in [3.63, 3.8) is 0 Å². The first-order valence-electron chi connectivity index (χ1n) is 7.32. The third-order valence-corrected chi connectivity index (χ3v) is 4.15. The van der Waals surface area contributed by atoms with Crippen LogP contribution in [-0.4, -0.2) is 32.2 Å². The highest BCUT2D eigenvalue weighted by atomic mass is 32.1. The zero-order valence-corrected chi connectivity index (χ0v) is 14.0. The Morgan fingerprint density at radius 1 is 1.35 bits per heavy atom. The Bertz CT molecular complexity index is 839. The van der Waals surface area contributed by atoms with Crippen LogP contribution in [0.25, 0.3) is 10.3 Å². The van der Waals surface area contributed by atoms with Gasteiger partial charge in [0.05, 0.1) is 5.69 Å². The summed E-state index contributed by atoms with van der Waals surface area (Å²) in [6.45, 7) is 5.81. The minimum atomic E-state index is -0.277. The second kappa shape index (κ2) is 6.33. The van der Waals surface area contributed by atoms with Crippen molar-refractivity contribution in [2.45, 2.75) is 33.2 Å².